The molecule has 2 atom stereocenters. The van der Waals surface area contributed by atoms with Crippen molar-refractivity contribution in [2.75, 3.05) is 49.3 Å². The molecule has 0 bridgehead atoms. The van der Waals surface area contributed by atoms with Gasteiger partial charge in [0.2, 0.25) is 5.95 Å². The van der Waals surface area contributed by atoms with Gasteiger partial charge in [0.1, 0.15) is 5.82 Å². The third-order valence-electron chi connectivity index (χ3n) is 6.27. The Morgan fingerprint density at radius 2 is 1.69 bits per heavy atom. The third-order valence-corrected chi connectivity index (χ3v) is 6.27. The van der Waals surface area contributed by atoms with Crippen LogP contribution in [0.1, 0.15) is 26.5 Å². The average Bonchev–Trinajstić information content (AvgIpc) is 2.83. The molecule has 0 spiro atoms. The first-order valence-electron chi connectivity index (χ1n) is 11.5. The van der Waals surface area contributed by atoms with Gasteiger partial charge in [0.05, 0.1) is 49.6 Å². The summed E-state index contributed by atoms with van der Waals surface area (Å²) in [6.45, 7) is 10.8. The number of hydrogen-bond acceptors (Lipinski definition) is 8. The summed E-state index contributed by atoms with van der Waals surface area (Å²) in [5.41, 5.74) is 3.72. The molecular formula is C24H30N6O2. The van der Waals surface area contributed by atoms with Crippen molar-refractivity contribution < 1.29 is 9.47 Å². The molecule has 8 nitrogen and oxygen atoms in total. The van der Waals surface area contributed by atoms with Gasteiger partial charge in [0.15, 0.2) is 5.65 Å². The second-order valence-electron chi connectivity index (χ2n) is 8.54. The molecule has 3 aromatic heterocycles. The number of morpholine rings is 2. The molecule has 2 fully saturated rings. The summed E-state index contributed by atoms with van der Waals surface area (Å²) in [7, 11) is 0. The summed E-state index contributed by atoms with van der Waals surface area (Å²) in [4.78, 5) is 24.0. The molecule has 2 aliphatic rings. The van der Waals surface area contributed by atoms with Gasteiger partial charge in [0, 0.05) is 30.5 Å². The Hall–Kier alpha value is -2.84. The monoisotopic (exact) mass is 434 g/mol. The van der Waals surface area contributed by atoms with Gasteiger partial charge in [-0.2, -0.15) is 9.97 Å². The first-order chi connectivity index (χ1) is 15.6. The standard InChI is InChI=1S/C24H30N6O2/c1-4-19-13-18(7-8-25-19)21-6-5-20-22(26-21)27-24(30-10-12-32-15-17(30)3)28-23(20)29-9-11-31-14-16(29)2/h5-8,13,16-17H,4,9-12,14-15H2,1-3H3/t16-,17-/m0/s1. The number of rotatable bonds is 4. The van der Waals surface area contributed by atoms with E-state index in [1.807, 2.05) is 12.3 Å². The summed E-state index contributed by atoms with van der Waals surface area (Å²) in [5.74, 6) is 1.65. The highest BCUT2D eigenvalue weighted by atomic mass is 16.5. The zero-order valence-electron chi connectivity index (χ0n) is 19.0. The molecule has 168 valence electrons. The Morgan fingerprint density at radius 3 is 2.41 bits per heavy atom. The van der Waals surface area contributed by atoms with E-state index in [1.165, 1.54) is 0 Å². The fourth-order valence-electron chi connectivity index (χ4n) is 4.39. The van der Waals surface area contributed by atoms with Gasteiger partial charge in [-0.05, 0) is 44.5 Å². The molecule has 0 unspecified atom stereocenters. The molecule has 5 rings (SSSR count). The molecule has 0 radical (unpaired) electrons. The smallest absolute Gasteiger partial charge is 0.229 e. The molecule has 2 saturated heterocycles. The van der Waals surface area contributed by atoms with Crippen LogP contribution in [0.2, 0.25) is 0 Å². The molecule has 2 aliphatic heterocycles. The second-order valence-corrected chi connectivity index (χ2v) is 8.54. The quantitative estimate of drug-likeness (QED) is 0.620. The van der Waals surface area contributed by atoms with Crippen molar-refractivity contribution >= 4 is 22.8 Å². The second kappa shape index (κ2) is 8.96. The van der Waals surface area contributed by atoms with Gasteiger partial charge in [0.25, 0.3) is 0 Å². The van der Waals surface area contributed by atoms with Gasteiger partial charge >= 0.3 is 0 Å². The average molecular weight is 435 g/mol. The van der Waals surface area contributed by atoms with Crippen molar-refractivity contribution in [3.05, 3.63) is 36.2 Å². The van der Waals surface area contributed by atoms with Crippen molar-refractivity contribution in [1.82, 2.24) is 19.9 Å². The maximum atomic E-state index is 5.67. The highest BCUT2D eigenvalue weighted by molar-refractivity contribution is 5.90. The Balaban J connectivity index is 1.65. The molecular weight excluding hydrogens is 404 g/mol. The minimum absolute atomic E-state index is 0.214. The van der Waals surface area contributed by atoms with Crippen LogP contribution in [0.5, 0.6) is 0 Å². The molecule has 5 heterocycles. The number of anilines is 2. The number of hydrogen-bond donors (Lipinski definition) is 0. The van der Waals surface area contributed by atoms with E-state index in [0.29, 0.717) is 26.4 Å². The summed E-state index contributed by atoms with van der Waals surface area (Å²) in [6.07, 6.45) is 2.74. The van der Waals surface area contributed by atoms with Gasteiger partial charge < -0.3 is 19.3 Å². The van der Waals surface area contributed by atoms with Crippen LogP contribution in [0, 0.1) is 0 Å². The van der Waals surface area contributed by atoms with E-state index < -0.39 is 0 Å². The van der Waals surface area contributed by atoms with Crippen LogP contribution in [0.4, 0.5) is 11.8 Å². The number of aromatic nitrogens is 4. The minimum Gasteiger partial charge on any atom is -0.377 e. The number of aryl methyl sites for hydroxylation is 1. The summed E-state index contributed by atoms with van der Waals surface area (Å²) in [5, 5.41) is 0.969. The van der Waals surface area contributed by atoms with E-state index in [2.05, 4.69) is 53.8 Å². The van der Waals surface area contributed by atoms with Crippen LogP contribution in [-0.2, 0) is 15.9 Å². The first kappa shape index (κ1) is 21.0. The van der Waals surface area contributed by atoms with Crippen molar-refractivity contribution in [3.8, 4) is 11.3 Å². The van der Waals surface area contributed by atoms with Crippen molar-refractivity contribution in [3.63, 3.8) is 0 Å². The Morgan fingerprint density at radius 1 is 0.938 bits per heavy atom. The number of fused-ring (bicyclic) bond motifs is 1. The normalized spacial score (nSPS) is 21.8. The lowest BCUT2D eigenvalue weighted by Gasteiger charge is -2.37. The lowest BCUT2D eigenvalue weighted by Crippen LogP contribution is -2.46. The predicted octanol–water partition coefficient (Wildman–Crippen LogP) is 3.10. The fourth-order valence-corrected chi connectivity index (χ4v) is 4.39. The lowest BCUT2D eigenvalue weighted by atomic mass is 10.1. The Bertz CT molecular complexity index is 1110. The van der Waals surface area contributed by atoms with E-state index in [9.17, 15) is 0 Å². The van der Waals surface area contributed by atoms with Crippen LogP contribution < -0.4 is 9.80 Å². The molecule has 0 aliphatic carbocycles. The molecule has 0 saturated carbocycles. The lowest BCUT2D eigenvalue weighted by molar-refractivity contribution is 0.0973. The minimum atomic E-state index is 0.214. The van der Waals surface area contributed by atoms with Gasteiger partial charge in [-0.25, -0.2) is 4.98 Å². The third kappa shape index (κ3) is 4.00. The summed E-state index contributed by atoms with van der Waals surface area (Å²) in [6, 6.07) is 8.73. The topological polar surface area (TPSA) is 76.5 Å². The molecule has 0 aromatic carbocycles. The van der Waals surface area contributed by atoms with Gasteiger partial charge in [-0.1, -0.05) is 6.92 Å². The molecule has 32 heavy (non-hydrogen) atoms. The maximum absolute atomic E-state index is 5.67. The van der Waals surface area contributed by atoms with E-state index >= 15 is 0 Å². The Kier molecular flexibility index (Phi) is 5.89. The Labute approximate surface area is 188 Å². The van der Waals surface area contributed by atoms with Crippen molar-refractivity contribution in [2.45, 2.75) is 39.3 Å². The molecule has 0 N–H and O–H groups in total. The van der Waals surface area contributed by atoms with Crippen LogP contribution in [0.3, 0.4) is 0 Å². The molecule has 8 heteroatoms. The van der Waals surface area contributed by atoms with Crippen molar-refractivity contribution in [2.24, 2.45) is 0 Å². The van der Waals surface area contributed by atoms with E-state index in [-0.39, 0.29) is 12.1 Å². The van der Waals surface area contributed by atoms with Crippen molar-refractivity contribution in [1.29, 1.82) is 0 Å². The van der Waals surface area contributed by atoms with Crippen LogP contribution >= 0.6 is 0 Å². The SMILES string of the molecule is CCc1cc(-c2ccc3c(N4CCOC[C@@H]4C)nc(N4CCOC[C@@H]4C)nc3n2)ccn1. The summed E-state index contributed by atoms with van der Waals surface area (Å²) >= 11 is 0. The first-order valence-corrected chi connectivity index (χ1v) is 11.5. The highest BCUT2D eigenvalue weighted by Gasteiger charge is 2.27. The van der Waals surface area contributed by atoms with Gasteiger partial charge in [-0.3, -0.25) is 4.98 Å². The summed E-state index contributed by atoms with van der Waals surface area (Å²) < 4.78 is 11.3. The molecule has 3 aromatic rings. The predicted molar refractivity (Wildman–Crippen MR) is 125 cm³/mol. The van der Waals surface area contributed by atoms with E-state index in [1.54, 1.807) is 0 Å². The highest BCUT2D eigenvalue weighted by Crippen LogP contribution is 2.31. The number of nitrogens with zero attached hydrogens (tertiary/aromatic N) is 6. The number of ether oxygens (including phenoxy) is 2. The van der Waals surface area contributed by atoms with Gasteiger partial charge in [-0.15, -0.1) is 0 Å². The fraction of sp³-hybridized carbons (Fsp3) is 0.500. The van der Waals surface area contributed by atoms with E-state index in [4.69, 9.17) is 24.4 Å². The van der Waals surface area contributed by atoms with Crippen LogP contribution in [0.15, 0.2) is 30.5 Å². The maximum Gasteiger partial charge on any atom is 0.229 e. The van der Waals surface area contributed by atoms with Crippen LogP contribution in [-0.4, -0.2) is 71.5 Å². The van der Waals surface area contributed by atoms with Crippen LogP contribution in [0.25, 0.3) is 22.3 Å². The zero-order valence-corrected chi connectivity index (χ0v) is 19.0. The van der Waals surface area contributed by atoms with E-state index in [0.717, 1.165) is 59.3 Å². The zero-order chi connectivity index (χ0) is 22.1. The molecule has 0 amide bonds. The largest absolute Gasteiger partial charge is 0.377 e. The number of pyridine rings is 2.